The van der Waals surface area contributed by atoms with E-state index in [1.165, 1.54) is 6.21 Å². The molecule has 1 saturated carbocycles. The van der Waals surface area contributed by atoms with E-state index < -0.39 is 11.6 Å². The molecule has 1 aliphatic carbocycles. The standard InChI is InChI=1S/C17H18BrN3O2/c18-14(11-13-7-3-1-4-8-13)12-19-21-15(22)17(20-16(21)23)9-5-2-6-10-17/h1,3-4,7-8,11-12H,2,5-6,9-10H2,(H,20,23)/b14-11-,19-12-. The SMILES string of the molecule is O=C1NC2(CCCCC2)C(=O)N1/N=C\C(Br)=C\c1ccccc1. The molecule has 2 fully saturated rings. The summed E-state index contributed by atoms with van der Waals surface area (Å²) in [7, 11) is 0. The number of hydrazone groups is 1. The molecular weight excluding hydrogens is 358 g/mol. The quantitative estimate of drug-likeness (QED) is 0.647. The van der Waals surface area contributed by atoms with Crippen LogP contribution in [0.15, 0.2) is 39.9 Å². The van der Waals surface area contributed by atoms with Gasteiger partial charge in [-0.05, 0) is 40.4 Å². The van der Waals surface area contributed by atoms with Crippen LogP contribution in [0.25, 0.3) is 6.08 Å². The number of halogens is 1. The fourth-order valence-corrected chi connectivity index (χ4v) is 3.42. The molecule has 6 heteroatoms. The Morgan fingerprint density at radius 3 is 2.57 bits per heavy atom. The Labute approximate surface area is 143 Å². The number of urea groups is 1. The van der Waals surface area contributed by atoms with Gasteiger partial charge in [0.1, 0.15) is 5.54 Å². The maximum absolute atomic E-state index is 12.6. The summed E-state index contributed by atoms with van der Waals surface area (Å²) in [5.74, 6) is -0.238. The van der Waals surface area contributed by atoms with Crippen LogP contribution in [-0.2, 0) is 4.79 Å². The van der Waals surface area contributed by atoms with Crippen LogP contribution in [0.2, 0.25) is 0 Å². The molecule has 1 aromatic carbocycles. The largest absolute Gasteiger partial charge is 0.346 e. The Balaban J connectivity index is 1.73. The molecular formula is C17H18BrN3O2. The highest BCUT2D eigenvalue weighted by molar-refractivity contribution is 9.12. The molecule has 0 atom stereocenters. The van der Waals surface area contributed by atoms with Gasteiger partial charge in [0, 0.05) is 4.48 Å². The summed E-state index contributed by atoms with van der Waals surface area (Å²) in [4.78, 5) is 24.6. The van der Waals surface area contributed by atoms with Crippen LogP contribution in [0.4, 0.5) is 4.79 Å². The fourth-order valence-electron chi connectivity index (χ4n) is 3.06. The third-order valence-electron chi connectivity index (χ3n) is 4.25. The van der Waals surface area contributed by atoms with Crippen LogP contribution in [0, 0.1) is 0 Å². The van der Waals surface area contributed by atoms with Crippen LogP contribution in [0.1, 0.15) is 37.7 Å². The van der Waals surface area contributed by atoms with E-state index in [-0.39, 0.29) is 5.91 Å². The number of nitrogens with one attached hydrogen (secondary N) is 1. The molecule has 120 valence electrons. The van der Waals surface area contributed by atoms with Gasteiger partial charge in [-0.15, -0.1) is 5.01 Å². The monoisotopic (exact) mass is 375 g/mol. The lowest BCUT2D eigenvalue weighted by Crippen LogP contribution is -2.48. The number of hydrogen-bond acceptors (Lipinski definition) is 3. The van der Waals surface area contributed by atoms with Crippen molar-refractivity contribution in [3.63, 3.8) is 0 Å². The van der Waals surface area contributed by atoms with E-state index in [1.807, 2.05) is 36.4 Å². The van der Waals surface area contributed by atoms with Crippen molar-refractivity contribution in [2.45, 2.75) is 37.6 Å². The second-order valence-electron chi connectivity index (χ2n) is 5.87. The number of carbonyl (C=O) groups is 2. The van der Waals surface area contributed by atoms with Crippen LogP contribution < -0.4 is 5.32 Å². The molecule has 0 unspecified atom stereocenters. The number of hydrogen-bond donors (Lipinski definition) is 1. The molecule has 1 N–H and O–H groups in total. The highest BCUT2D eigenvalue weighted by Gasteiger charge is 2.51. The zero-order valence-electron chi connectivity index (χ0n) is 12.7. The first kappa shape index (κ1) is 15.9. The lowest BCUT2D eigenvalue weighted by molar-refractivity contribution is -0.132. The number of amides is 3. The van der Waals surface area contributed by atoms with Crippen LogP contribution in [0.3, 0.4) is 0 Å². The Morgan fingerprint density at radius 1 is 1.17 bits per heavy atom. The molecule has 2 aliphatic rings. The van der Waals surface area contributed by atoms with Crippen LogP contribution in [-0.4, -0.2) is 28.7 Å². The fraction of sp³-hybridized carbons (Fsp3) is 0.353. The molecule has 0 aromatic heterocycles. The first-order valence-electron chi connectivity index (χ1n) is 7.74. The molecule has 1 aromatic rings. The lowest BCUT2D eigenvalue weighted by atomic mass is 9.82. The number of allylic oxidation sites excluding steroid dienone is 1. The minimum Gasteiger partial charge on any atom is -0.321 e. The number of imide groups is 1. The maximum atomic E-state index is 12.6. The van der Waals surface area contributed by atoms with Crippen molar-refractivity contribution in [2.24, 2.45) is 5.10 Å². The lowest BCUT2D eigenvalue weighted by Gasteiger charge is -2.29. The van der Waals surface area contributed by atoms with Crippen molar-refractivity contribution in [1.82, 2.24) is 10.3 Å². The summed E-state index contributed by atoms with van der Waals surface area (Å²) in [5, 5.41) is 7.84. The average Bonchev–Trinajstić information content (AvgIpc) is 2.77. The van der Waals surface area contributed by atoms with E-state index in [4.69, 9.17) is 0 Å². The molecule has 1 spiro atoms. The second kappa shape index (κ2) is 6.66. The van der Waals surface area contributed by atoms with Gasteiger partial charge >= 0.3 is 6.03 Å². The van der Waals surface area contributed by atoms with Gasteiger partial charge in [0.2, 0.25) is 0 Å². The molecule has 0 radical (unpaired) electrons. The molecule has 1 saturated heterocycles. The second-order valence-corrected chi connectivity index (χ2v) is 6.79. The van der Waals surface area contributed by atoms with Crippen molar-refractivity contribution < 1.29 is 9.59 Å². The normalized spacial score (nSPS) is 21.3. The van der Waals surface area contributed by atoms with Crippen LogP contribution >= 0.6 is 15.9 Å². The highest BCUT2D eigenvalue weighted by atomic mass is 79.9. The van der Waals surface area contributed by atoms with E-state index in [2.05, 4.69) is 26.3 Å². The smallest absolute Gasteiger partial charge is 0.321 e. The van der Waals surface area contributed by atoms with Crippen molar-refractivity contribution in [3.05, 3.63) is 40.4 Å². The maximum Gasteiger partial charge on any atom is 0.346 e. The molecule has 0 bridgehead atoms. The molecule has 1 heterocycles. The minimum atomic E-state index is -0.734. The summed E-state index contributed by atoms with van der Waals surface area (Å²) in [5.41, 5.74) is 0.272. The van der Waals surface area contributed by atoms with E-state index in [0.29, 0.717) is 17.3 Å². The minimum absolute atomic E-state index is 0.238. The zero-order chi connectivity index (χ0) is 16.3. The van der Waals surface area contributed by atoms with Gasteiger partial charge in [0.15, 0.2) is 0 Å². The topological polar surface area (TPSA) is 61.8 Å². The van der Waals surface area contributed by atoms with Gasteiger partial charge < -0.3 is 5.32 Å². The van der Waals surface area contributed by atoms with Gasteiger partial charge in [0.25, 0.3) is 5.91 Å². The highest BCUT2D eigenvalue weighted by Crippen LogP contribution is 2.33. The van der Waals surface area contributed by atoms with Crippen molar-refractivity contribution >= 4 is 40.2 Å². The third kappa shape index (κ3) is 3.37. The van der Waals surface area contributed by atoms with Gasteiger partial charge in [-0.25, -0.2) is 4.79 Å². The first-order chi connectivity index (χ1) is 11.1. The van der Waals surface area contributed by atoms with E-state index in [0.717, 1.165) is 29.8 Å². The van der Waals surface area contributed by atoms with Crippen molar-refractivity contribution in [1.29, 1.82) is 0 Å². The first-order valence-corrected chi connectivity index (χ1v) is 8.53. The Morgan fingerprint density at radius 2 is 1.87 bits per heavy atom. The summed E-state index contributed by atoms with van der Waals surface area (Å²) in [6.45, 7) is 0. The third-order valence-corrected chi connectivity index (χ3v) is 4.68. The van der Waals surface area contributed by atoms with Gasteiger partial charge in [-0.2, -0.15) is 5.10 Å². The summed E-state index contributed by atoms with van der Waals surface area (Å²) in [6, 6.07) is 9.30. The van der Waals surface area contributed by atoms with E-state index in [9.17, 15) is 9.59 Å². The van der Waals surface area contributed by atoms with Gasteiger partial charge in [-0.1, -0.05) is 49.6 Å². The zero-order valence-corrected chi connectivity index (χ0v) is 14.3. The van der Waals surface area contributed by atoms with Gasteiger partial charge in [-0.3, -0.25) is 4.79 Å². The summed E-state index contributed by atoms with van der Waals surface area (Å²) in [6.07, 6.45) is 7.78. The average molecular weight is 376 g/mol. The predicted octanol–water partition coefficient (Wildman–Crippen LogP) is 3.66. The van der Waals surface area contributed by atoms with E-state index >= 15 is 0 Å². The molecule has 1 aliphatic heterocycles. The van der Waals surface area contributed by atoms with Crippen molar-refractivity contribution in [2.75, 3.05) is 0 Å². The van der Waals surface area contributed by atoms with Crippen LogP contribution in [0.5, 0.6) is 0 Å². The Bertz CT molecular complexity index is 664. The Hall–Kier alpha value is -1.95. The number of nitrogens with zero attached hydrogens (tertiary/aromatic N) is 2. The molecule has 3 amide bonds. The van der Waals surface area contributed by atoms with E-state index in [1.54, 1.807) is 0 Å². The summed E-state index contributed by atoms with van der Waals surface area (Å²) < 4.78 is 0.689. The Kier molecular flexibility index (Phi) is 4.61. The number of benzene rings is 1. The van der Waals surface area contributed by atoms with Crippen molar-refractivity contribution in [3.8, 4) is 0 Å². The molecule has 3 rings (SSSR count). The van der Waals surface area contributed by atoms with Gasteiger partial charge in [0.05, 0.1) is 6.21 Å². The number of carbonyl (C=O) groups excluding carboxylic acids is 2. The molecule has 23 heavy (non-hydrogen) atoms. The number of rotatable bonds is 3. The predicted molar refractivity (Wildman–Crippen MR) is 93.0 cm³/mol. The molecule has 5 nitrogen and oxygen atoms in total. The summed E-state index contributed by atoms with van der Waals surface area (Å²) >= 11 is 3.39.